The van der Waals surface area contributed by atoms with Crippen molar-refractivity contribution >= 4 is 11.6 Å². The van der Waals surface area contributed by atoms with E-state index in [1.807, 2.05) is 0 Å². The Labute approximate surface area is 136 Å². The van der Waals surface area contributed by atoms with Gasteiger partial charge in [-0.2, -0.15) is 18.3 Å². The first-order valence-corrected chi connectivity index (χ1v) is 7.52. The zero-order valence-electron chi connectivity index (χ0n) is 12.8. The molecule has 128 valence electrons. The van der Waals surface area contributed by atoms with Gasteiger partial charge in [0, 0.05) is 23.4 Å². The highest BCUT2D eigenvalue weighted by molar-refractivity contribution is 5.93. The van der Waals surface area contributed by atoms with Crippen LogP contribution in [-0.4, -0.2) is 20.8 Å². The maximum atomic E-state index is 12.9. The van der Waals surface area contributed by atoms with Crippen LogP contribution >= 0.6 is 0 Å². The molecule has 0 spiro atoms. The molecule has 24 heavy (non-hydrogen) atoms. The molecule has 1 heterocycles. The summed E-state index contributed by atoms with van der Waals surface area (Å²) in [6, 6.07) is 6.07. The van der Waals surface area contributed by atoms with Gasteiger partial charge in [0.2, 0.25) is 5.91 Å². The SMILES string of the molecule is CC(C(=O)Nc1cccc(O)c1)n1nc(C(F)(F)F)cc1C1CC1. The Morgan fingerprint density at radius 2 is 2.08 bits per heavy atom. The number of anilines is 1. The lowest BCUT2D eigenvalue weighted by atomic mass is 10.2. The molecule has 1 saturated carbocycles. The molecule has 8 heteroatoms. The summed E-state index contributed by atoms with van der Waals surface area (Å²) in [5.74, 6) is -0.499. The van der Waals surface area contributed by atoms with Crippen molar-refractivity contribution < 1.29 is 23.1 Å². The van der Waals surface area contributed by atoms with E-state index >= 15 is 0 Å². The highest BCUT2D eigenvalue weighted by Crippen LogP contribution is 2.43. The van der Waals surface area contributed by atoms with Crippen LogP contribution in [-0.2, 0) is 11.0 Å². The Hall–Kier alpha value is -2.51. The van der Waals surface area contributed by atoms with E-state index in [4.69, 9.17) is 0 Å². The van der Waals surface area contributed by atoms with Gasteiger partial charge >= 0.3 is 6.18 Å². The molecule has 0 bridgehead atoms. The van der Waals surface area contributed by atoms with Crippen molar-refractivity contribution in [1.82, 2.24) is 9.78 Å². The average Bonchev–Trinajstić information content (AvgIpc) is 3.23. The summed E-state index contributed by atoms with van der Waals surface area (Å²) < 4.78 is 39.9. The Bertz CT molecular complexity index is 766. The number of aromatic hydroxyl groups is 1. The highest BCUT2D eigenvalue weighted by Gasteiger charge is 2.39. The number of carbonyl (C=O) groups excluding carboxylic acids is 1. The van der Waals surface area contributed by atoms with Crippen molar-refractivity contribution in [2.45, 2.75) is 37.9 Å². The molecule has 1 aliphatic carbocycles. The van der Waals surface area contributed by atoms with Crippen LogP contribution in [0, 0.1) is 0 Å². The van der Waals surface area contributed by atoms with Crippen molar-refractivity contribution in [1.29, 1.82) is 0 Å². The third-order valence-corrected chi connectivity index (χ3v) is 3.91. The summed E-state index contributed by atoms with van der Waals surface area (Å²) >= 11 is 0. The van der Waals surface area contributed by atoms with Crippen molar-refractivity contribution in [2.24, 2.45) is 0 Å². The van der Waals surface area contributed by atoms with Gasteiger partial charge in [-0.25, -0.2) is 0 Å². The van der Waals surface area contributed by atoms with Gasteiger partial charge in [0.1, 0.15) is 11.8 Å². The molecule has 1 aliphatic rings. The second kappa shape index (κ2) is 5.85. The van der Waals surface area contributed by atoms with Gasteiger partial charge in [0.25, 0.3) is 0 Å². The third-order valence-electron chi connectivity index (χ3n) is 3.91. The largest absolute Gasteiger partial charge is 0.508 e. The van der Waals surface area contributed by atoms with Crippen molar-refractivity contribution in [2.75, 3.05) is 5.32 Å². The third kappa shape index (κ3) is 3.37. The van der Waals surface area contributed by atoms with Crippen molar-refractivity contribution in [3.8, 4) is 5.75 Å². The lowest BCUT2D eigenvalue weighted by molar-refractivity contribution is -0.141. The lowest BCUT2D eigenvalue weighted by Gasteiger charge is -2.16. The number of aromatic nitrogens is 2. The summed E-state index contributed by atoms with van der Waals surface area (Å²) in [5, 5.41) is 15.6. The van der Waals surface area contributed by atoms with Crippen LogP contribution < -0.4 is 5.32 Å². The summed E-state index contributed by atoms with van der Waals surface area (Å²) in [5.41, 5.74) is -0.190. The minimum atomic E-state index is -4.55. The molecule has 3 rings (SSSR count). The first-order chi connectivity index (χ1) is 11.3. The van der Waals surface area contributed by atoms with Gasteiger partial charge in [-0.05, 0) is 38.0 Å². The normalized spacial score (nSPS) is 16.0. The fraction of sp³-hybridized carbons (Fsp3) is 0.375. The van der Waals surface area contributed by atoms with Crippen LogP contribution in [0.25, 0.3) is 0 Å². The summed E-state index contributed by atoms with van der Waals surface area (Å²) in [6.45, 7) is 1.50. The number of alkyl halides is 3. The van der Waals surface area contributed by atoms with E-state index in [0.29, 0.717) is 11.4 Å². The molecule has 1 fully saturated rings. The number of nitrogens with zero attached hydrogens (tertiary/aromatic N) is 2. The molecule has 1 aromatic carbocycles. The Morgan fingerprint density at radius 1 is 1.38 bits per heavy atom. The molecular formula is C16H16F3N3O2. The average molecular weight is 339 g/mol. The molecule has 5 nitrogen and oxygen atoms in total. The standard InChI is InChI=1S/C16H16F3N3O2/c1-9(15(24)20-11-3-2-4-12(23)7-11)22-13(10-5-6-10)8-14(21-22)16(17,18)19/h2-4,7-10,23H,5-6H2,1H3,(H,20,24). The highest BCUT2D eigenvalue weighted by atomic mass is 19.4. The van der Waals surface area contributed by atoms with Crippen molar-refractivity contribution in [3.05, 3.63) is 41.7 Å². The predicted octanol–water partition coefficient (Wildman–Crippen LogP) is 3.68. The fourth-order valence-corrected chi connectivity index (χ4v) is 2.48. The predicted molar refractivity (Wildman–Crippen MR) is 80.7 cm³/mol. The number of amides is 1. The number of halogens is 3. The molecule has 1 amide bonds. The molecular weight excluding hydrogens is 323 g/mol. The number of carbonyl (C=O) groups is 1. The molecule has 1 atom stereocenters. The molecule has 2 N–H and O–H groups in total. The monoisotopic (exact) mass is 339 g/mol. The number of phenols is 1. The summed E-state index contributed by atoms with van der Waals surface area (Å²) in [7, 11) is 0. The van der Waals surface area contributed by atoms with E-state index < -0.39 is 23.8 Å². The second-order valence-electron chi connectivity index (χ2n) is 5.89. The second-order valence-corrected chi connectivity index (χ2v) is 5.89. The van der Waals surface area contributed by atoms with Crippen LogP contribution in [0.15, 0.2) is 30.3 Å². The van der Waals surface area contributed by atoms with E-state index in [9.17, 15) is 23.1 Å². The quantitative estimate of drug-likeness (QED) is 0.893. The van der Waals surface area contributed by atoms with Gasteiger partial charge in [-0.1, -0.05) is 6.07 Å². The van der Waals surface area contributed by atoms with Crippen molar-refractivity contribution in [3.63, 3.8) is 0 Å². The number of phenolic OH excluding ortho intramolecular Hbond substituents is 1. The number of hydrogen-bond acceptors (Lipinski definition) is 3. The van der Waals surface area contributed by atoms with Crippen LogP contribution in [0.2, 0.25) is 0 Å². The zero-order valence-corrected chi connectivity index (χ0v) is 12.8. The molecule has 0 radical (unpaired) electrons. The lowest BCUT2D eigenvalue weighted by Crippen LogP contribution is -2.26. The summed E-state index contributed by atoms with van der Waals surface area (Å²) in [4.78, 5) is 12.3. The maximum Gasteiger partial charge on any atom is 0.435 e. The fourth-order valence-electron chi connectivity index (χ4n) is 2.48. The van der Waals surface area contributed by atoms with E-state index in [1.165, 1.54) is 19.1 Å². The van der Waals surface area contributed by atoms with E-state index in [-0.39, 0.29) is 11.7 Å². The van der Waals surface area contributed by atoms with Gasteiger partial charge in [-0.3, -0.25) is 9.48 Å². The first kappa shape index (κ1) is 16.4. The smallest absolute Gasteiger partial charge is 0.435 e. The minimum Gasteiger partial charge on any atom is -0.508 e. The minimum absolute atomic E-state index is 0.0161. The Balaban J connectivity index is 1.84. The molecule has 0 saturated heterocycles. The van der Waals surface area contributed by atoms with E-state index in [2.05, 4.69) is 10.4 Å². The molecule has 1 unspecified atom stereocenters. The van der Waals surface area contributed by atoms with Gasteiger partial charge in [-0.15, -0.1) is 0 Å². The number of rotatable bonds is 4. The number of benzene rings is 1. The van der Waals surface area contributed by atoms with Crippen LogP contribution in [0.5, 0.6) is 5.75 Å². The topological polar surface area (TPSA) is 67.2 Å². The first-order valence-electron chi connectivity index (χ1n) is 7.52. The Kier molecular flexibility index (Phi) is 3.98. The van der Waals surface area contributed by atoms with Gasteiger partial charge < -0.3 is 10.4 Å². The molecule has 0 aliphatic heterocycles. The molecule has 1 aromatic heterocycles. The van der Waals surface area contributed by atoms with Crippen LogP contribution in [0.3, 0.4) is 0 Å². The van der Waals surface area contributed by atoms with Gasteiger partial charge in [0.15, 0.2) is 5.69 Å². The molecule has 2 aromatic rings. The van der Waals surface area contributed by atoms with E-state index in [0.717, 1.165) is 23.6 Å². The van der Waals surface area contributed by atoms with Crippen LogP contribution in [0.4, 0.5) is 18.9 Å². The van der Waals surface area contributed by atoms with E-state index in [1.54, 1.807) is 12.1 Å². The van der Waals surface area contributed by atoms with Gasteiger partial charge in [0.05, 0.1) is 0 Å². The number of nitrogens with one attached hydrogen (secondary N) is 1. The number of hydrogen-bond donors (Lipinski definition) is 2. The zero-order chi connectivity index (χ0) is 17.5. The van der Waals surface area contributed by atoms with Crippen LogP contribution in [0.1, 0.15) is 43.1 Å². The Morgan fingerprint density at radius 3 is 2.67 bits per heavy atom. The maximum absolute atomic E-state index is 12.9. The summed E-state index contributed by atoms with van der Waals surface area (Å²) in [6.07, 6.45) is -2.95.